The summed E-state index contributed by atoms with van der Waals surface area (Å²) in [6.45, 7) is 3.61. The average molecular weight is 431 g/mol. The van der Waals surface area contributed by atoms with Crippen LogP contribution in [-0.2, 0) is 11.3 Å². The molecular formula is C17H16Cl2N2O3S2. The Morgan fingerprint density at radius 3 is 2.73 bits per heavy atom. The van der Waals surface area contributed by atoms with Gasteiger partial charge in [0.25, 0.3) is 5.91 Å². The molecule has 0 atom stereocenters. The van der Waals surface area contributed by atoms with Crippen LogP contribution in [0.1, 0.15) is 17.3 Å². The molecule has 1 aromatic carbocycles. The lowest BCUT2D eigenvalue weighted by molar-refractivity contribution is 0.0998. The first-order chi connectivity index (χ1) is 12.5. The SMILES string of the molecule is CCOc1ccc2c(c1)sc(=NC(=O)c1cc(Cl)sc1Cl)n2CCOC. The molecule has 5 nitrogen and oxygen atoms in total. The number of carbonyl (C=O) groups excluding carboxylic acids is 1. The number of aromatic nitrogens is 1. The Kier molecular flexibility index (Phi) is 6.37. The lowest BCUT2D eigenvalue weighted by Gasteiger charge is -2.05. The normalized spacial score (nSPS) is 12.1. The Balaban J connectivity index is 2.10. The number of halogens is 2. The smallest absolute Gasteiger partial charge is 0.282 e. The summed E-state index contributed by atoms with van der Waals surface area (Å²) in [6, 6.07) is 7.36. The second-order valence-electron chi connectivity index (χ2n) is 5.25. The molecule has 26 heavy (non-hydrogen) atoms. The van der Waals surface area contributed by atoms with Gasteiger partial charge in [-0.15, -0.1) is 11.3 Å². The summed E-state index contributed by atoms with van der Waals surface area (Å²) >= 11 is 14.6. The van der Waals surface area contributed by atoms with Crippen LogP contribution in [0.3, 0.4) is 0 Å². The quantitative estimate of drug-likeness (QED) is 0.560. The molecule has 3 aromatic rings. The van der Waals surface area contributed by atoms with E-state index in [0.29, 0.717) is 38.8 Å². The molecule has 0 radical (unpaired) electrons. The van der Waals surface area contributed by atoms with E-state index >= 15 is 0 Å². The predicted molar refractivity (Wildman–Crippen MR) is 107 cm³/mol. The largest absolute Gasteiger partial charge is 0.494 e. The van der Waals surface area contributed by atoms with Gasteiger partial charge in [-0.25, -0.2) is 0 Å². The molecule has 1 amide bonds. The molecule has 2 heterocycles. The number of amides is 1. The number of hydrogen-bond donors (Lipinski definition) is 0. The zero-order valence-electron chi connectivity index (χ0n) is 14.1. The number of carbonyl (C=O) groups is 1. The zero-order chi connectivity index (χ0) is 18.7. The van der Waals surface area contributed by atoms with Crippen molar-refractivity contribution in [1.82, 2.24) is 4.57 Å². The highest BCUT2D eigenvalue weighted by molar-refractivity contribution is 7.20. The number of fused-ring (bicyclic) bond motifs is 1. The monoisotopic (exact) mass is 430 g/mol. The van der Waals surface area contributed by atoms with Gasteiger partial charge in [-0.3, -0.25) is 4.79 Å². The second-order valence-corrected chi connectivity index (χ2v) is 8.54. The highest BCUT2D eigenvalue weighted by Crippen LogP contribution is 2.31. The topological polar surface area (TPSA) is 52.8 Å². The summed E-state index contributed by atoms with van der Waals surface area (Å²) in [7, 11) is 1.64. The van der Waals surface area contributed by atoms with Crippen molar-refractivity contribution in [2.45, 2.75) is 13.5 Å². The Labute approximate surface area is 168 Å². The van der Waals surface area contributed by atoms with Crippen molar-refractivity contribution < 1.29 is 14.3 Å². The molecule has 0 unspecified atom stereocenters. The fourth-order valence-corrected chi connectivity index (χ4v) is 4.96. The van der Waals surface area contributed by atoms with E-state index in [1.165, 1.54) is 11.3 Å². The summed E-state index contributed by atoms with van der Waals surface area (Å²) in [5.74, 6) is 0.367. The van der Waals surface area contributed by atoms with Crippen LogP contribution >= 0.6 is 45.9 Å². The number of nitrogens with zero attached hydrogens (tertiary/aromatic N) is 2. The summed E-state index contributed by atoms with van der Waals surface area (Å²) in [5.41, 5.74) is 1.28. The molecule has 0 aliphatic carbocycles. The maximum atomic E-state index is 12.6. The fraction of sp³-hybridized carbons (Fsp3) is 0.294. The number of ether oxygens (including phenoxy) is 2. The van der Waals surface area contributed by atoms with Gasteiger partial charge >= 0.3 is 0 Å². The lowest BCUT2D eigenvalue weighted by atomic mass is 10.3. The molecule has 9 heteroatoms. The van der Waals surface area contributed by atoms with E-state index in [2.05, 4.69) is 4.99 Å². The number of hydrogen-bond acceptors (Lipinski definition) is 5. The highest BCUT2D eigenvalue weighted by Gasteiger charge is 2.15. The van der Waals surface area contributed by atoms with E-state index in [9.17, 15) is 4.79 Å². The summed E-state index contributed by atoms with van der Waals surface area (Å²) in [6.07, 6.45) is 0. The fourth-order valence-electron chi connectivity index (χ4n) is 2.43. The molecular weight excluding hydrogens is 415 g/mol. The third-order valence-corrected chi connectivity index (χ3v) is 6.10. The molecule has 0 saturated carbocycles. The molecule has 0 saturated heterocycles. The maximum absolute atomic E-state index is 12.6. The Morgan fingerprint density at radius 2 is 2.08 bits per heavy atom. The third-order valence-electron chi connectivity index (χ3n) is 3.57. The van der Waals surface area contributed by atoms with Gasteiger partial charge < -0.3 is 14.0 Å². The first-order valence-corrected chi connectivity index (χ1v) is 10.2. The van der Waals surface area contributed by atoms with Crippen molar-refractivity contribution in [3.63, 3.8) is 0 Å². The number of rotatable bonds is 6. The maximum Gasteiger partial charge on any atom is 0.282 e. The third kappa shape index (κ3) is 4.13. The van der Waals surface area contributed by atoms with Crippen molar-refractivity contribution in [1.29, 1.82) is 0 Å². The Bertz CT molecular complexity index is 1010. The average Bonchev–Trinajstić information content (AvgIpc) is 3.11. The Morgan fingerprint density at radius 1 is 1.27 bits per heavy atom. The molecule has 0 N–H and O–H groups in total. The van der Waals surface area contributed by atoms with E-state index in [-0.39, 0.29) is 0 Å². The van der Waals surface area contributed by atoms with Crippen molar-refractivity contribution in [3.8, 4) is 5.75 Å². The number of thiophene rings is 1. The van der Waals surface area contributed by atoms with Crippen LogP contribution in [0, 0.1) is 0 Å². The number of benzene rings is 1. The first-order valence-electron chi connectivity index (χ1n) is 7.82. The minimum atomic E-state index is -0.416. The zero-order valence-corrected chi connectivity index (χ0v) is 17.3. The van der Waals surface area contributed by atoms with Crippen LogP contribution in [-0.4, -0.2) is 30.8 Å². The van der Waals surface area contributed by atoms with Crippen LogP contribution in [0.2, 0.25) is 8.67 Å². The van der Waals surface area contributed by atoms with Crippen LogP contribution in [0.4, 0.5) is 0 Å². The van der Waals surface area contributed by atoms with Crippen LogP contribution in [0.15, 0.2) is 29.3 Å². The summed E-state index contributed by atoms with van der Waals surface area (Å²) < 4.78 is 14.5. The van der Waals surface area contributed by atoms with Gasteiger partial charge in [0.2, 0.25) is 0 Å². The van der Waals surface area contributed by atoms with E-state index in [1.807, 2.05) is 29.7 Å². The molecule has 0 aliphatic heterocycles. The van der Waals surface area contributed by atoms with Gasteiger partial charge in [0.05, 0.1) is 33.3 Å². The van der Waals surface area contributed by atoms with Crippen LogP contribution < -0.4 is 9.54 Å². The molecule has 2 aromatic heterocycles. The minimum Gasteiger partial charge on any atom is -0.494 e. The van der Waals surface area contributed by atoms with E-state index in [1.54, 1.807) is 13.2 Å². The van der Waals surface area contributed by atoms with E-state index in [0.717, 1.165) is 27.3 Å². The summed E-state index contributed by atoms with van der Waals surface area (Å²) in [4.78, 5) is 17.4. The van der Waals surface area contributed by atoms with Crippen molar-refractivity contribution in [3.05, 3.63) is 43.3 Å². The molecule has 0 fully saturated rings. The standard InChI is InChI=1S/C17H16Cl2N2O3S2/c1-3-24-10-4-5-12-13(8-10)25-17(21(12)6-7-23-2)20-16(22)11-9-14(18)26-15(11)19/h4-5,8-9H,3,6-7H2,1-2H3. The van der Waals surface area contributed by atoms with Gasteiger partial charge in [-0.1, -0.05) is 34.5 Å². The van der Waals surface area contributed by atoms with Gasteiger partial charge in [-0.2, -0.15) is 4.99 Å². The van der Waals surface area contributed by atoms with Crippen LogP contribution in [0.5, 0.6) is 5.75 Å². The molecule has 0 aliphatic rings. The van der Waals surface area contributed by atoms with E-state index in [4.69, 9.17) is 32.7 Å². The lowest BCUT2D eigenvalue weighted by Crippen LogP contribution is -2.19. The molecule has 0 spiro atoms. The van der Waals surface area contributed by atoms with Crippen molar-refractivity contribution >= 4 is 62.0 Å². The Hall–Kier alpha value is -1.38. The minimum absolute atomic E-state index is 0.312. The highest BCUT2D eigenvalue weighted by atomic mass is 35.5. The first kappa shape index (κ1) is 19.4. The number of thiazole rings is 1. The molecule has 0 bridgehead atoms. The van der Waals surface area contributed by atoms with Gasteiger partial charge in [0.1, 0.15) is 10.1 Å². The molecule has 3 rings (SSSR count). The number of methoxy groups -OCH3 is 1. The second kappa shape index (κ2) is 8.54. The van der Waals surface area contributed by atoms with Crippen molar-refractivity contribution in [2.24, 2.45) is 4.99 Å². The molecule has 138 valence electrons. The van der Waals surface area contributed by atoms with Gasteiger partial charge in [-0.05, 0) is 31.2 Å². The van der Waals surface area contributed by atoms with Crippen molar-refractivity contribution in [2.75, 3.05) is 20.3 Å². The summed E-state index contributed by atoms with van der Waals surface area (Å²) in [5, 5.41) is 0. The van der Waals surface area contributed by atoms with E-state index < -0.39 is 5.91 Å². The predicted octanol–water partition coefficient (Wildman–Crippen LogP) is 4.86. The van der Waals surface area contributed by atoms with Gasteiger partial charge in [0.15, 0.2) is 4.80 Å². The van der Waals surface area contributed by atoms with Crippen LogP contribution in [0.25, 0.3) is 10.2 Å². The van der Waals surface area contributed by atoms with Gasteiger partial charge in [0, 0.05) is 13.7 Å².